The molecule has 0 saturated carbocycles. The molecule has 7 nitrogen and oxygen atoms in total. The van der Waals surface area contributed by atoms with E-state index in [1.165, 1.54) is 7.11 Å². The van der Waals surface area contributed by atoms with Gasteiger partial charge in [0.25, 0.3) is 0 Å². The highest BCUT2D eigenvalue weighted by Crippen LogP contribution is 2.37. The van der Waals surface area contributed by atoms with Crippen molar-refractivity contribution in [2.45, 2.75) is 18.6 Å². The van der Waals surface area contributed by atoms with E-state index in [9.17, 15) is 14.4 Å². The second kappa shape index (κ2) is 6.94. The van der Waals surface area contributed by atoms with Gasteiger partial charge in [0, 0.05) is 6.54 Å². The number of hydrazine groups is 1. The fourth-order valence-corrected chi connectivity index (χ4v) is 3.74. The number of carbonyl (C=O) groups is 3. The molecule has 2 aliphatic heterocycles. The van der Waals surface area contributed by atoms with E-state index in [-0.39, 0.29) is 17.9 Å². The maximum atomic E-state index is 12.4. The maximum absolute atomic E-state index is 12.4. The van der Waals surface area contributed by atoms with Gasteiger partial charge in [0.2, 0.25) is 11.8 Å². The number of hydrogen-bond acceptors (Lipinski definition) is 6. The van der Waals surface area contributed by atoms with Crippen LogP contribution < -0.4 is 10.7 Å². The van der Waals surface area contributed by atoms with Crippen LogP contribution >= 0.6 is 0 Å². The molecule has 2 fully saturated rings. The molecule has 0 radical (unpaired) electrons. The lowest BCUT2D eigenvalue weighted by molar-refractivity contribution is -0.127. The van der Waals surface area contributed by atoms with Crippen LogP contribution in [-0.2, 0) is 20.9 Å². The van der Waals surface area contributed by atoms with Gasteiger partial charge >= 0.3 is 5.97 Å². The van der Waals surface area contributed by atoms with Gasteiger partial charge in [0.15, 0.2) is 0 Å². The number of methoxy groups -OCH3 is 1. The first-order valence-electron chi connectivity index (χ1n) is 8.68. The van der Waals surface area contributed by atoms with Crippen molar-refractivity contribution in [2.24, 2.45) is 5.92 Å². The molecule has 2 heterocycles. The van der Waals surface area contributed by atoms with Crippen molar-refractivity contribution in [2.75, 3.05) is 7.11 Å². The summed E-state index contributed by atoms with van der Waals surface area (Å²) in [6.45, 7) is 0.499. The molecule has 2 aromatic rings. The molecular formula is C20H19N3O4. The van der Waals surface area contributed by atoms with Gasteiger partial charge in [0.1, 0.15) is 6.04 Å². The van der Waals surface area contributed by atoms with Gasteiger partial charge in [-0.2, -0.15) is 0 Å². The van der Waals surface area contributed by atoms with Crippen molar-refractivity contribution >= 4 is 17.8 Å². The van der Waals surface area contributed by atoms with E-state index in [4.69, 9.17) is 4.74 Å². The Balaban J connectivity index is 1.62. The SMILES string of the molecule is COC(=O)c1ccc(C2NN(Cc3ccccc3)C3C(=O)NC(=O)C23)cc1. The van der Waals surface area contributed by atoms with E-state index >= 15 is 0 Å². The molecule has 0 aromatic heterocycles. The average Bonchev–Trinajstić information content (AvgIpc) is 3.21. The largest absolute Gasteiger partial charge is 0.465 e. The summed E-state index contributed by atoms with van der Waals surface area (Å²) in [5.41, 5.74) is 5.62. The number of ether oxygens (including phenoxy) is 1. The Labute approximate surface area is 156 Å². The van der Waals surface area contributed by atoms with Gasteiger partial charge in [-0.1, -0.05) is 42.5 Å². The third-order valence-corrected chi connectivity index (χ3v) is 5.04. The molecule has 138 valence electrons. The molecule has 2 N–H and O–H groups in total. The van der Waals surface area contributed by atoms with Crippen LogP contribution in [0.25, 0.3) is 0 Å². The summed E-state index contributed by atoms with van der Waals surface area (Å²) in [5, 5.41) is 4.26. The number of nitrogens with zero attached hydrogens (tertiary/aromatic N) is 1. The summed E-state index contributed by atoms with van der Waals surface area (Å²) in [6, 6.07) is 15.7. The lowest BCUT2D eigenvalue weighted by atomic mass is 9.90. The standard InChI is InChI=1S/C20H19N3O4/c1-27-20(26)14-9-7-13(8-10-14)16-15-17(19(25)21-18(15)24)23(22-16)11-12-5-3-2-4-6-12/h2-10,15-17,22H,11H2,1H3,(H,21,24,25). The first kappa shape index (κ1) is 17.4. The molecule has 3 atom stereocenters. The number of rotatable bonds is 4. The topological polar surface area (TPSA) is 87.7 Å². The van der Waals surface area contributed by atoms with Gasteiger partial charge in [0.05, 0.1) is 24.6 Å². The van der Waals surface area contributed by atoms with E-state index in [1.54, 1.807) is 24.3 Å². The Morgan fingerprint density at radius 3 is 2.41 bits per heavy atom. The van der Waals surface area contributed by atoms with E-state index in [0.29, 0.717) is 12.1 Å². The number of fused-ring (bicyclic) bond motifs is 1. The quantitative estimate of drug-likeness (QED) is 0.625. The summed E-state index contributed by atoms with van der Waals surface area (Å²) >= 11 is 0. The number of benzene rings is 2. The second-order valence-corrected chi connectivity index (χ2v) is 6.66. The van der Waals surface area contributed by atoms with Crippen molar-refractivity contribution in [1.82, 2.24) is 15.8 Å². The van der Waals surface area contributed by atoms with Crippen LogP contribution in [0.1, 0.15) is 27.5 Å². The minimum atomic E-state index is -0.567. The summed E-state index contributed by atoms with van der Waals surface area (Å²) < 4.78 is 4.71. The minimum absolute atomic E-state index is 0.282. The fraction of sp³-hybridized carbons (Fsp3) is 0.250. The van der Waals surface area contributed by atoms with Gasteiger partial charge < -0.3 is 4.74 Å². The van der Waals surface area contributed by atoms with Gasteiger partial charge in [-0.05, 0) is 23.3 Å². The fourth-order valence-electron chi connectivity index (χ4n) is 3.74. The van der Waals surface area contributed by atoms with Crippen LogP contribution in [0.3, 0.4) is 0 Å². The summed E-state index contributed by atoms with van der Waals surface area (Å²) in [5.74, 6) is -1.51. The van der Waals surface area contributed by atoms with Crippen LogP contribution in [0.15, 0.2) is 54.6 Å². The molecule has 27 heavy (non-hydrogen) atoms. The van der Waals surface area contributed by atoms with Crippen molar-refractivity contribution in [3.8, 4) is 0 Å². The zero-order valence-electron chi connectivity index (χ0n) is 14.7. The van der Waals surface area contributed by atoms with Gasteiger partial charge in [-0.3, -0.25) is 14.9 Å². The number of carbonyl (C=O) groups excluding carboxylic acids is 3. The second-order valence-electron chi connectivity index (χ2n) is 6.66. The Kier molecular flexibility index (Phi) is 4.47. The normalized spacial score (nSPS) is 24.6. The van der Waals surface area contributed by atoms with Gasteiger partial charge in [-0.25, -0.2) is 15.2 Å². The van der Waals surface area contributed by atoms with E-state index in [0.717, 1.165) is 11.1 Å². The lowest BCUT2D eigenvalue weighted by Gasteiger charge is -2.22. The molecule has 0 aliphatic carbocycles. The molecule has 0 bridgehead atoms. The van der Waals surface area contributed by atoms with Crippen LogP contribution in [0.5, 0.6) is 0 Å². The molecular weight excluding hydrogens is 346 g/mol. The zero-order valence-corrected chi connectivity index (χ0v) is 14.7. The van der Waals surface area contributed by atoms with Crippen LogP contribution in [0, 0.1) is 5.92 Å². The first-order valence-corrected chi connectivity index (χ1v) is 8.68. The predicted octanol–water partition coefficient (Wildman–Crippen LogP) is 1.18. The smallest absolute Gasteiger partial charge is 0.337 e. The van der Waals surface area contributed by atoms with Gasteiger partial charge in [-0.15, -0.1) is 0 Å². The molecule has 2 saturated heterocycles. The van der Waals surface area contributed by atoms with E-state index in [2.05, 4.69) is 10.7 Å². The number of hydrogen-bond donors (Lipinski definition) is 2. The molecule has 7 heteroatoms. The number of imide groups is 1. The Hall–Kier alpha value is -3.03. The van der Waals surface area contributed by atoms with Crippen LogP contribution in [0.2, 0.25) is 0 Å². The van der Waals surface area contributed by atoms with Crippen molar-refractivity contribution in [3.05, 3.63) is 71.3 Å². The maximum Gasteiger partial charge on any atom is 0.337 e. The lowest BCUT2D eigenvalue weighted by Crippen LogP contribution is -2.43. The average molecular weight is 365 g/mol. The van der Waals surface area contributed by atoms with Crippen molar-refractivity contribution < 1.29 is 19.1 Å². The number of amides is 2. The summed E-state index contributed by atoms with van der Waals surface area (Å²) in [4.78, 5) is 36.4. The predicted molar refractivity (Wildman–Crippen MR) is 96.1 cm³/mol. The highest BCUT2D eigenvalue weighted by atomic mass is 16.5. The monoisotopic (exact) mass is 365 g/mol. The van der Waals surface area contributed by atoms with Crippen LogP contribution in [0.4, 0.5) is 0 Å². The number of nitrogens with one attached hydrogen (secondary N) is 2. The first-order chi connectivity index (χ1) is 13.1. The zero-order chi connectivity index (χ0) is 19.0. The highest BCUT2D eigenvalue weighted by molar-refractivity contribution is 6.07. The molecule has 0 spiro atoms. The highest BCUT2D eigenvalue weighted by Gasteiger charge is 2.54. The summed E-state index contributed by atoms with van der Waals surface area (Å²) in [7, 11) is 1.33. The van der Waals surface area contributed by atoms with Crippen molar-refractivity contribution in [3.63, 3.8) is 0 Å². The van der Waals surface area contributed by atoms with Crippen LogP contribution in [-0.4, -0.2) is 35.9 Å². The minimum Gasteiger partial charge on any atom is -0.465 e. The Morgan fingerprint density at radius 1 is 1.04 bits per heavy atom. The molecule has 2 aliphatic rings. The molecule has 2 amide bonds. The molecule has 3 unspecified atom stereocenters. The Bertz CT molecular complexity index is 882. The number of esters is 1. The van der Waals surface area contributed by atoms with Crippen molar-refractivity contribution in [1.29, 1.82) is 0 Å². The van der Waals surface area contributed by atoms with E-state index < -0.39 is 17.9 Å². The third kappa shape index (κ3) is 3.11. The summed E-state index contributed by atoms with van der Waals surface area (Å²) in [6.07, 6.45) is 0. The molecule has 4 rings (SSSR count). The molecule has 2 aromatic carbocycles. The Morgan fingerprint density at radius 2 is 1.74 bits per heavy atom. The third-order valence-electron chi connectivity index (χ3n) is 5.04. The van der Waals surface area contributed by atoms with E-state index in [1.807, 2.05) is 35.3 Å².